The second kappa shape index (κ2) is 5.51. The molecule has 7 heteroatoms. The maximum absolute atomic E-state index is 5.60. The van der Waals surface area contributed by atoms with Crippen molar-refractivity contribution in [3.05, 3.63) is 11.9 Å². The summed E-state index contributed by atoms with van der Waals surface area (Å²) in [5, 5.41) is 3.32. The van der Waals surface area contributed by atoms with Gasteiger partial charge in [-0.15, -0.1) is 0 Å². The van der Waals surface area contributed by atoms with Crippen LogP contribution in [0.15, 0.2) is 6.07 Å². The van der Waals surface area contributed by atoms with Crippen molar-refractivity contribution in [3.63, 3.8) is 0 Å². The highest BCUT2D eigenvalue weighted by Crippen LogP contribution is 2.38. The molecule has 1 unspecified atom stereocenters. The molecule has 1 aliphatic heterocycles. The summed E-state index contributed by atoms with van der Waals surface area (Å²) in [6.07, 6.45) is 3.20. The highest BCUT2D eigenvalue weighted by Gasteiger charge is 2.35. The maximum Gasteiger partial charge on any atom is 0.145 e. The number of nitrogens with two attached hydrogens (primary N) is 1. The van der Waals surface area contributed by atoms with Crippen LogP contribution >= 0.6 is 0 Å². The number of methoxy groups -OCH3 is 1. The molecule has 4 N–H and O–H groups in total. The predicted molar refractivity (Wildman–Crippen MR) is 75.5 cm³/mol. The molecule has 20 heavy (non-hydrogen) atoms. The topological polar surface area (TPSA) is 94.3 Å². The lowest BCUT2D eigenvalue weighted by atomic mass is 10.0. The summed E-state index contributed by atoms with van der Waals surface area (Å²) in [6.45, 7) is 2.01. The van der Waals surface area contributed by atoms with E-state index in [1.807, 2.05) is 6.07 Å². The monoisotopic (exact) mass is 279 g/mol. The van der Waals surface area contributed by atoms with Crippen molar-refractivity contribution in [1.82, 2.24) is 9.97 Å². The number of hydrogen-bond acceptors (Lipinski definition) is 7. The molecule has 2 fully saturated rings. The summed E-state index contributed by atoms with van der Waals surface area (Å²) < 4.78 is 11.0. The van der Waals surface area contributed by atoms with Crippen molar-refractivity contribution >= 4 is 11.6 Å². The summed E-state index contributed by atoms with van der Waals surface area (Å²) in [7, 11) is 1.72. The number of ether oxygens (including phenoxy) is 2. The van der Waals surface area contributed by atoms with Crippen molar-refractivity contribution in [2.75, 3.05) is 37.6 Å². The maximum atomic E-state index is 5.60. The number of nitrogens with one attached hydrogen (secondary N) is 2. The first-order chi connectivity index (χ1) is 9.74. The van der Waals surface area contributed by atoms with Crippen LogP contribution in [-0.4, -0.2) is 42.4 Å². The molecule has 1 aromatic rings. The van der Waals surface area contributed by atoms with Crippen LogP contribution in [0.1, 0.15) is 31.0 Å². The van der Waals surface area contributed by atoms with Gasteiger partial charge in [0, 0.05) is 38.7 Å². The summed E-state index contributed by atoms with van der Waals surface area (Å²) in [5.74, 6) is 8.22. The molecule has 1 saturated heterocycles. The summed E-state index contributed by atoms with van der Waals surface area (Å²) in [5.41, 5.74) is 2.33. The fourth-order valence-electron chi connectivity index (χ4n) is 2.37. The van der Waals surface area contributed by atoms with Crippen molar-refractivity contribution in [2.24, 2.45) is 5.84 Å². The molecule has 1 aromatic heterocycles. The van der Waals surface area contributed by atoms with Gasteiger partial charge in [-0.2, -0.15) is 0 Å². The Balaban J connectivity index is 1.71. The first-order valence-corrected chi connectivity index (χ1v) is 6.97. The van der Waals surface area contributed by atoms with Gasteiger partial charge >= 0.3 is 0 Å². The third-order valence-corrected chi connectivity index (χ3v) is 3.93. The van der Waals surface area contributed by atoms with Crippen LogP contribution in [-0.2, 0) is 9.47 Å². The zero-order chi connectivity index (χ0) is 14.0. The zero-order valence-corrected chi connectivity index (χ0v) is 11.7. The Labute approximate surface area is 118 Å². The number of hydrazine groups is 1. The molecule has 1 aliphatic carbocycles. The molecule has 2 heterocycles. The minimum absolute atomic E-state index is 0.263. The van der Waals surface area contributed by atoms with Crippen LogP contribution in [0.25, 0.3) is 0 Å². The molecule has 110 valence electrons. The average molecular weight is 279 g/mol. The van der Waals surface area contributed by atoms with Gasteiger partial charge in [-0.25, -0.2) is 15.8 Å². The van der Waals surface area contributed by atoms with Gasteiger partial charge in [0.1, 0.15) is 23.1 Å². The van der Waals surface area contributed by atoms with Gasteiger partial charge in [0.15, 0.2) is 0 Å². The fourth-order valence-corrected chi connectivity index (χ4v) is 2.37. The van der Waals surface area contributed by atoms with Gasteiger partial charge in [0.25, 0.3) is 0 Å². The third kappa shape index (κ3) is 2.84. The predicted octanol–water partition coefficient (Wildman–Crippen LogP) is 0.857. The van der Waals surface area contributed by atoms with Crippen LogP contribution in [0, 0.1) is 0 Å². The molecule has 0 radical (unpaired) electrons. The van der Waals surface area contributed by atoms with Crippen LogP contribution in [0.2, 0.25) is 0 Å². The van der Waals surface area contributed by atoms with Gasteiger partial charge in [-0.05, 0) is 12.8 Å². The van der Waals surface area contributed by atoms with E-state index < -0.39 is 0 Å². The number of rotatable bonds is 6. The van der Waals surface area contributed by atoms with E-state index in [1.54, 1.807) is 7.11 Å². The molecule has 1 saturated carbocycles. The summed E-state index contributed by atoms with van der Waals surface area (Å²) in [6, 6.07) is 1.81. The molecule has 7 nitrogen and oxygen atoms in total. The van der Waals surface area contributed by atoms with Gasteiger partial charge < -0.3 is 20.2 Å². The van der Waals surface area contributed by atoms with Crippen molar-refractivity contribution in [3.8, 4) is 0 Å². The SMILES string of the molecule is COC1(CNc2cc(NN)nc(C3CC3)n2)CCOC1. The number of nitrogen functional groups attached to an aromatic ring is 1. The highest BCUT2D eigenvalue weighted by atomic mass is 16.5. The lowest BCUT2D eigenvalue weighted by Gasteiger charge is -2.26. The smallest absolute Gasteiger partial charge is 0.145 e. The zero-order valence-electron chi connectivity index (χ0n) is 11.7. The Morgan fingerprint density at radius 1 is 1.45 bits per heavy atom. The molecule has 0 bridgehead atoms. The van der Waals surface area contributed by atoms with Crippen molar-refractivity contribution < 1.29 is 9.47 Å². The van der Waals surface area contributed by atoms with Gasteiger partial charge in [-0.1, -0.05) is 0 Å². The Morgan fingerprint density at radius 3 is 2.85 bits per heavy atom. The van der Waals surface area contributed by atoms with Gasteiger partial charge in [-0.3, -0.25) is 0 Å². The van der Waals surface area contributed by atoms with Crippen molar-refractivity contribution in [1.29, 1.82) is 0 Å². The second-order valence-corrected chi connectivity index (χ2v) is 5.46. The summed E-state index contributed by atoms with van der Waals surface area (Å²) in [4.78, 5) is 8.94. The Hall–Kier alpha value is -1.44. The summed E-state index contributed by atoms with van der Waals surface area (Å²) >= 11 is 0. The molecule has 0 spiro atoms. The van der Waals surface area contributed by atoms with E-state index in [-0.39, 0.29) is 5.60 Å². The highest BCUT2D eigenvalue weighted by molar-refractivity contribution is 5.47. The Morgan fingerprint density at radius 2 is 2.25 bits per heavy atom. The second-order valence-electron chi connectivity index (χ2n) is 5.46. The van der Waals surface area contributed by atoms with E-state index in [1.165, 1.54) is 0 Å². The number of aromatic nitrogens is 2. The van der Waals surface area contributed by atoms with Crippen LogP contribution in [0.4, 0.5) is 11.6 Å². The molecule has 0 aromatic carbocycles. The fraction of sp³-hybridized carbons (Fsp3) is 0.692. The van der Waals surface area contributed by atoms with E-state index in [2.05, 4.69) is 20.7 Å². The molecule has 2 aliphatic rings. The number of nitrogens with zero attached hydrogens (tertiary/aromatic N) is 2. The van der Waals surface area contributed by atoms with E-state index in [0.29, 0.717) is 24.9 Å². The van der Waals surface area contributed by atoms with E-state index in [9.17, 15) is 0 Å². The van der Waals surface area contributed by atoms with E-state index in [0.717, 1.165) is 37.5 Å². The Bertz CT molecular complexity index is 472. The van der Waals surface area contributed by atoms with Crippen LogP contribution in [0.5, 0.6) is 0 Å². The normalized spacial score (nSPS) is 25.7. The third-order valence-electron chi connectivity index (χ3n) is 3.93. The molecular formula is C13H21N5O2. The number of anilines is 2. The standard InChI is InChI=1S/C13H21N5O2/c1-19-13(4-5-20-8-13)7-15-10-6-11(18-14)17-12(16-10)9-2-3-9/h6,9H,2-5,7-8,14H2,1H3,(H2,15,16,17,18). The minimum atomic E-state index is -0.263. The van der Waals surface area contributed by atoms with Gasteiger partial charge in [0.05, 0.1) is 6.61 Å². The van der Waals surface area contributed by atoms with E-state index >= 15 is 0 Å². The van der Waals surface area contributed by atoms with Crippen molar-refractivity contribution in [2.45, 2.75) is 30.8 Å². The minimum Gasteiger partial charge on any atom is -0.378 e. The van der Waals surface area contributed by atoms with E-state index in [4.69, 9.17) is 15.3 Å². The molecule has 1 atom stereocenters. The van der Waals surface area contributed by atoms with Crippen LogP contribution in [0.3, 0.4) is 0 Å². The lowest BCUT2D eigenvalue weighted by Crippen LogP contribution is -2.39. The van der Waals surface area contributed by atoms with Gasteiger partial charge in [0.2, 0.25) is 0 Å². The molecular weight excluding hydrogens is 258 g/mol. The molecule has 0 amide bonds. The quantitative estimate of drug-likeness (QED) is 0.525. The van der Waals surface area contributed by atoms with Crippen LogP contribution < -0.4 is 16.6 Å². The average Bonchev–Trinajstić information content (AvgIpc) is 3.24. The Kier molecular flexibility index (Phi) is 3.73. The molecule has 3 rings (SSSR count). The first kappa shape index (κ1) is 13.5. The first-order valence-electron chi connectivity index (χ1n) is 6.97. The largest absolute Gasteiger partial charge is 0.378 e. The lowest BCUT2D eigenvalue weighted by molar-refractivity contribution is -0.00625. The number of hydrogen-bond donors (Lipinski definition) is 3.